The maximum absolute atomic E-state index is 10.8. The molecule has 63 valence electrons. The number of carbonyl (C=O) groups is 1. The summed E-state index contributed by atoms with van der Waals surface area (Å²) in [7, 11) is 0. The molecule has 1 rings (SSSR count). The number of hydrogen-bond acceptors (Lipinski definition) is 1. The molecule has 0 fully saturated rings. The zero-order chi connectivity index (χ0) is 8.97. The van der Waals surface area contributed by atoms with Crippen LogP contribution in [0.3, 0.4) is 0 Å². The SMILES string of the molecule is CCC(C([NH])=O)c1ccccc1. The smallest absolute Gasteiger partial charge is 0.245 e. The lowest BCUT2D eigenvalue weighted by molar-refractivity contribution is -0.120. The average molecular weight is 162 g/mol. The Morgan fingerprint density at radius 1 is 1.42 bits per heavy atom. The van der Waals surface area contributed by atoms with Gasteiger partial charge in [0, 0.05) is 0 Å². The third-order valence-electron chi connectivity index (χ3n) is 1.93. The number of benzene rings is 1. The van der Waals surface area contributed by atoms with Crippen molar-refractivity contribution < 1.29 is 4.79 Å². The molecule has 0 saturated heterocycles. The Bertz CT molecular complexity index is 256. The van der Waals surface area contributed by atoms with E-state index in [-0.39, 0.29) is 5.92 Å². The molecular weight excluding hydrogens is 150 g/mol. The van der Waals surface area contributed by atoms with E-state index in [9.17, 15) is 4.79 Å². The third kappa shape index (κ3) is 1.84. The molecule has 0 spiro atoms. The lowest BCUT2D eigenvalue weighted by Crippen LogP contribution is -2.11. The fourth-order valence-corrected chi connectivity index (χ4v) is 1.26. The monoisotopic (exact) mass is 162 g/mol. The minimum absolute atomic E-state index is 0.244. The van der Waals surface area contributed by atoms with Crippen LogP contribution in [0.1, 0.15) is 24.8 Å². The van der Waals surface area contributed by atoms with Crippen LogP contribution in [0, 0.1) is 0 Å². The molecule has 1 aromatic carbocycles. The van der Waals surface area contributed by atoms with Crippen LogP contribution in [0.15, 0.2) is 30.3 Å². The molecule has 0 heterocycles. The van der Waals surface area contributed by atoms with E-state index in [0.29, 0.717) is 6.42 Å². The van der Waals surface area contributed by atoms with E-state index in [1.54, 1.807) is 0 Å². The molecule has 1 N–H and O–H groups in total. The van der Waals surface area contributed by atoms with Crippen molar-refractivity contribution in [3.05, 3.63) is 35.9 Å². The van der Waals surface area contributed by atoms with Gasteiger partial charge in [0.1, 0.15) is 0 Å². The summed E-state index contributed by atoms with van der Waals surface area (Å²) in [4.78, 5) is 10.8. The molecule has 0 aromatic heterocycles. The number of nitrogens with one attached hydrogen (secondary N) is 1. The van der Waals surface area contributed by atoms with Crippen molar-refractivity contribution in [1.29, 1.82) is 0 Å². The van der Waals surface area contributed by atoms with Gasteiger partial charge in [0.2, 0.25) is 5.91 Å². The van der Waals surface area contributed by atoms with E-state index < -0.39 is 5.91 Å². The standard InChI is InChI=1S/C10H12NO/c1-2-9(10(11)12)8-6-4-3-5-7-8/h3-7,9,11H,2H2,1H3. The quantitative estimate of drug-likeness (QED) is 0.670. The van der Waals surface area contributed by atoms with Gasteiger partial charge in [-0.3, -0.25) is 10.5 Å². The topological polar surface area (TPSA) is 40.9 Å². The summed E-state index contributed by atoms with van der Waals surface area (Å²) in [6.45, 7) is 1.92. The van der Waals surface area contributed by atoms with Gasteiger partial charge in [-0.15, -0.1) is 0 Å². The Kier molecular flexibility index (Phi) is 2.86. The first kappa shape index (κ1) is 8.78. The van der Waals surface area contributed by atoms with Gasteiger partial charge in [-0.1, -0.05) is 37.3 Å². The highest BCUT2D eigenvalue weighted by Gasteiger charge is 2.14. The highest BCUT2D eigenvalue weighted by Crippen LogP contribution is 2.18. The first-order valence-electron chi connectivity index (χ1n) is 4.06. The van der Waals surface area contributed by atoms with Crippen LogP contribution in [0.2, 0.25) is 0 Å². The molecule has 0 aliphatic heterocycles. The van der Waals surface area contributed by atoms with E-state index in [4.69, 9.17) is 5.73 Å². The van der Waals surface area contributed by atoms with E-state index in [0.717, 1.165) is 5.56 Å². The van der Waals surface area contributed by atoms with Crippen LogP contribution in [0.25, 0.3) is 0 Å². The first-order valence-corrected chi connectivity index (χ1v) is 4.06. The fourth-order valence-electron chi connectivity index (χ4n) is 1.26. The van der Waals surface area contributed by atoms with Gasteiger partial charge in [-0.25, -0.2) is 0 Å². The highest BCUT2D eigenvalue weighted by atomic mass is 16.1. The molecule has 2 heteroatoms. The van der Waals surface area contributed by atoms with Crippen molar-refractivity contribution in [2.75, 3.05) is 0 Å². The van der Waals surface area contributed by atoms with Crippen molar-refractivity contribution in [2.24, 2.45) is 0 Å². The van der Waals surface area contributed by atoms with Crippen molar-refractivity contribution >= 4 is 5.91 Å². The van der Waals surface area contributed by atoms with Crippen molar-refractivity contribution in [3.63, 3.8) is 0 Å². The zero-order valence-corrected chi connectivity index (χ0v) is 7.08. The highest BCUT2D eigenvalue weighted by molar-refractivity contribution is 5.81. The van der Waals surface area contributed by atoms with Crippen LogP contribution < -0.4 is 5.73 Å². The molecule has 1 unspecified atom stereocenters. The molecule has 1 atom stereocenters. The maximum Gasteiger partial charge on any atom is 0.245 e. The van der Waals surface area contributed by atoms with Crippen molar-refractivity contribution in [1.82, 2.24) is 5.73 Å². The lowest BCUT2D eigenvalue weighted by Gasteiger charge is -2.09. The molecule has 1 amide bonds. The molecule has 2 nitrogen and oxygen atoms in total. The maximum atomic E-state index is 10.8. The molecule has 1 radical (unpaired) electrons. The third-order valence-corrected chi connectivity index (χ3v) is 1.93. The van der Waals surface area contributed by atoms with Crippen molar-refractivity contribution in [2.45, 2.75) is 19.3 Å². The van der Waals surface area contributed by atoms with Gasteiger partial charge in [0.15, 0.2) is 0 Å². The van der Waals surface area contributed by atoms with E-state index in [1.165, 1.54) is 0 Å². The summed E-state index contributed by atoms with van der Waals surface area (Å²) in [6.07, 6.45) is 0.701. The second kappa shape index (κ2) is 3.90. The number of rotatable bonds is 3. The van der Waals surface area contributed by atoms with Crippen LogP contribution in [-0.4, -0.2) is 5.91 Å². The second-order valence-corrected chi connectivity index (χ2v) is 2.74. The van der Waals surface area contributed by atoms with E-state index in [1.807, 2.05) is 37.3 Å². The minimum Gasteiger partial charge on any atom is -0.273 e. The van der Waals surface area contributed by atoms with E-state index >= 15 is 0 Å². The summed E-state index contributed by atoms with van der Waals surface area (Å²) >= 11 is 0. The molecule has 0 aliphatic rings. The fraction of sp³-hybridized carbons (Fsp3) is 0.300. The van der Waals surface area contributed by atoms with Crippen LogP contribution in [0.4, 0.5) is 0 Å². The summed E-state index contributed by atoms with van der Waals surface area (Å²) in [5, 5.41) is 0. The molecule has 12 heavy (non-hydrogen) atoms. The lowest BCUT2D eigenvalue weighted by atomic mass is 9.96. The number of amides is 1. The Labute approximate surface area is 72.4 Å². The normalized spacial score (nSPS) is 12.4. The van der Waals surface area contributed by atoms with Crippen LogP contribution >= 0.6 is 0 Å². The van der Waals surface area contributed by atoms with Crippen LogP contribution in [-0.2, 0) is 4.79 Å². The van der Waals surface area contributed by atoms with Crippen LogP contribution in [0.5, 0.6) is 0 Å². The summed E-state index contributed by atoms with van der Waals surface area (Å²) < 4.78 is 0. The minimum atomic E-state index is -0.497. The van der Waals surface area contributed by atoms with Gasteiger partial charge < -0.3 is 0 Å². The van der Waals surface area contributed by atoms with Gasteiger partial charge >= 0.3 is 0 Å². The number of carbonyl (C=O) groups excluding carboxylic acids is 1. The predicted molar refractivity (Wildman–Crippen MR) is 47.6 cm³/mol. The van der Waals surface area contributed by atoms with Gasteiger partial charge in [0.25, 0.3) is 0 Å². The zero-order valence-electron chi connectivity index (χ0n) is 7.08. The first-order chi connectivity index (χ1) is 5.75. The molecule has 1 aromatic rings. The predicted octanol–water partition coefficient (Wildman–Crippen LogP) is 1.99. The Balaban J connectivity index is 2.88. The molecule has 0 bridgehead atoms. The number of hydrogen-bond donors (Lipinski definition) is 0. The van der Waals surface area contributed by atoms with E-state index in [2.05, 4.69) is 0 Å². The van der Waals surface area contributed by atoms with Gasteiger partial charge in [0.05, 0.1) is 5.92 Å². The molecule has 0 saturated carbocycles. The summed E-state index contributed by atoms with van der Waals surface area (Å²) in [5.74, 6) is -0.741. The second-order valence-electron chi connectivity index (χ2n) is 2.74. The summed E-state index contributed by atoms with van der Waals surface area (Å²) in [6, 6.07) is 9.47. The Morgan fingerprint density at radius 3 is 2.42 bits per heavy atom. The Hall–Kier alpha value is -1.31. The summed E-state index contributed by atoms with van der Waals surface area (Å²) in [5.41, 5.74) is 7.98. The Morgan fingerprint density at radius 2 is 2.00 bits per heavy atom. The molecule has 0 aliphatic carbocycles. The van der Waals surface area contributed by atoms with Gasteiger partial charge in [-0.05, 0) is 12.0 Å². The average Bonchev–Trinajstić information content (AvgIpc) is 2.07. The van der Waals surface area contributed by atoms with Crippen molar-refractivity contribution in [3.8, 4) is 0 Å². The van der Waals surface area contributed by atoms with Gasteiger partial charge in [-0.2, -0.15) is 0 Å². The largest absolute Gasteiger partial charge is 0.273 e. The molecular formula is C10H12NO.